The van der Waals surface area contributed by atoms with Gasteiger partial charge >= 0.3 is 0 Å². The second-order valence-corrected chi connectivity index (χ2v) is 12.3. The Balaban J connectivity index is 1.59. The van der Waals surface area contributed by atoms with Gasteiger partial charge in [-0.2, -0.15) is 5.26 Å². The van der Waals surface area contributed by atoms with Crippen LogP contribution in [0.4, 0.5) is 0 Å². The van der Waals surface area contributed by atoms with E-state index in [1.54, 1.807) is 33.3 Å². The van der Waals surface area contributed by atoms with Crippen LogP contribution < -0.4 is 24.3 Å². The number of hydrogen-bond donors (Lipinski definition) is 4. The van der Waals surface area contributed by atoms with Gasteiger partial charge in [-0.15, -0.1) is 0 Å². The lowest BCUT2D eigenvalue weighted by molar-refractivity contribution is -0.0724. The number of hydrogen-bond acceptors (Lipinski definition) is 11. The van der Waals surface area contributed by atoms with Crippen molar-refractivity contribution in [2.75, 3.05) is 42.0 Å². The van der Waals surface area contributed by atoms with Gasteiger partial charge in [0.1, 0.15) is 23.3 Å². The summed E-state index contributed by atoms with van der Waals surface area (Å²) in [5.41, 5.74) is 4.07. The van der Waals surface area contributed by atoms with Crippen LogP contribution in [0.2, 0.25) is 0 Å². The van der Waals surface area contributed by atoms with Crippen molar-refractivity contribution in [1.82, 2.24) is 15.1 Å². The lowest BCUT2D eigenvalue weighted by Crippen LogP contribution is -2.68. The zero-order valence-corrected chi connectivity index (χ0v) is 27.5. The second-order valence-electron chi connectivity index (χ2n) is 12.3. The minimum absolute atomic E-state index is 0.0136. The van der Waals surface area contributed by atoms with Gasteiger partial charge in [0.25, 0.3) is 5.91 Å². The summed E-state index contributed by atoms with van der Waals surface area (Å²) in [6.45, 7) is 3.63. The number of carbonyl (C=O) groups excluding carboxylic acids is 1. The number of amides is 1. The molecule has 12 heteroatoms. The summed E-state index contributed by atoms with van der Waals surface area (Å²) in [6, 6.07) is 6.19. The average Bonchev–Trinajstić information content (AvgIpc) is 3.05. The molecule has 0 aliphatic carbocycles. The molecule has 3 aromatic carbocycles. The van der Waals surface area contributed by atoms with Crippen LogP contribution in [-0.4, -0.2) is 91.2 Å². The Morgan fingerprint density at radius 3 is 1.96 bits per heavy atom. The molecule has 3 aliphatic heterocycles. The number of nitriles is 1. The Morgan fingerprint density at radius 1 is 0.872 bits per heavy atom. The highest BCUT2D eigenvalue weighted by Crippen LogP contribution is 2.58. The minimum Gasteiger partial charge on any atom is -0.507 e. The first-order chi connectivity index (χ1) is 22.6. The number of phenolic OH excluding ortho intramolecular Hbond substituents is 3. The first-order valence-corrected chi connectivity index (χ1v) is 15.4. The number of phenols is 3. The van der Waals surface area contributed by atoms with Gasteiger partial charge in [-0.05, 0) is 45.9 Å². The second kappa shape index (κ2) is 12.1. The number of para-hydroxylation sites is 1. The monoisotopic (exact) mass is 644 g/mol. The smallest absolute Gasteiger partial charge is 0.255 e. The van der Waals surface area contributed by atoms with Gasteiger partial charge in [-0.1, -0.05) is 12.1 Å². The molecule has 1 saturated heterocycles. The van der Waals surface area contributed by atoms with E-state index < -0.39 is 30.1 Å². The van der Waals surface area contributed by atoms with Crippen molar-refractivity contribution in [2.24, 2.45) is 0 Å². The van der Waals surface area contributed by atoms with E-state index in [9.17, 15) is 25.4 Å². The summed E-state index contributed by atoms with van der Waals surface area (Å²) in [7, 11) is 8.07. The van der Waals surface area contributed by atoms with Gasteiger partial charge < -0.3 is 39.6 Å². The van der Waals surface area contributed by atoms with E-state index >= 15 is 0 Å². The molecule has 12 nitrogen and oxygen atoms in total. The predicted molar refractivity (Wildman–Crippen MR) is 172 cm³/mol. The molecule has 47 heavy (non-hydrogen) atoms. The van der Waals surface area contributed by atoms with Gasteiger partial charge in [-0.25, -0.2) is 0 Å². The van der Waals surface area contributed by atoms with Crippen LogP contribution in [0.3, 0.4) is 0 Å². The van der Waals surface area contributed by atoms with Gasteiger partial charge in [0, 0.05) is 52.0 Å². The molecule has 1 fully saturated rings. The fraction of sp³-hybridized carbons (Fsp3) is 0.429. The van der Waals surface area contributed by atoms with E-state index in [1.165, 1.54) is 26.4 Å². The van der Waals surface area contributed by atoms with E-state index in [0.717, 1.165) is 5.56 Å². The van der Waals surface area contributed by atoms with Crippen LogP contribution in [0.15, 0.2) is 24.3 Å². The number of ether oxygens (including phenoxy) is 4. The topological polar surface area (TPSA) is 157 Å². The van der Waals surface area contributed by atoms with Gasteiger partial charge in [0.05, 0.1) is 52.2 Å². The Morgan fingerprint density at radius 2 is 1.40 bits per heavy atom. The molecule has 5 atom stereocenters. The van der Waals surface area contributed by atoms with Gasteiger partial charge in [-0.3, -0.25) is 14.6 Å². The maximum atomic E-state index is 13.4. The third-order valence-electron chi connectivity index (χ3n) is 10.3. The molecule has 3 heterocycles. The van der Waals surface area contributed by atoms with E-state index in [4.69, 9.17) is 18.9 Å². The third kappa shape index (κ3) is 4.59. The van der Waals surface area contributed by atoms with Crippen LogP contribution in [0.25, 0.3) is 0 Å². The number of nitrogens with zero attached hydrogens (tertiary/aromatic N) is 3. The molecule has 0 spiro atoms. The lowest BCUT2D eigenvalue weighted by atomic mass is 9.71. The molecule has 3 aliphatic rings. The van der Waals surface area contributed by atoms with Crippen molar-refractivity contribution >= 4 is 5.91 Å². The van der Waals surface area contributed by atoms with E-state index in [1.807, 2.05) is 14.0 Å². The number of rotatable bonds is 7. The van der Waals surface area contributed by atoms with Crippen LogP contribution in [0.1, 0.15) is 55.8 Å². The minimum atomic E-state index is -0.719. The first kappa shape index (κ1) is 32.1. The highest BCUT2D eigenvalue weighted by Gasteiger charge is 2.57. The number of nitrogens with one attached hydrogen (secondary N) is 1. The van der Waals surface area contributed by atoms with Crippen molar-refractivity contribution in [3.05, 3.63) is 63.2 Å². The van der Waals surface area contributed by atoms with E-state index in [-0.39, 0.29) is 41.1 Å². The Labute approximate surface area is 273 Å². The number of methoxy groups -OCH3 is 4. The molecule has 2 bridgehead atoms. The van der Waals surface area contributed by atoms with Crippen molar-refractivity contribution in [2.45, 2.75) is 56.9 Å². The molecule has 3 aromatic rings. The number of carbonyl (C=O) groups is 1. The molecule has 0 aromatic heterocycles. The zero-order valence-electron chi connectivity index (χ0n) is 27.5. The van der Waals surface area contributed by atoms with Gasteiger partial charge in [0.15, 0.2) is 23.0 Å². The van der Waals surface area contributed by atoms with E-state index in [2.05, 4.69) is 21.2 Å². The number of benzene rings is 3. The Hall–Kier alpha value is -4.86. The standard InChI is InChI=1S/C35H40N4O8/c1-16-31(44-4)19-13-22-28-27-20(32(45-5)17(2)34(47-7)30(27)42)12-21(38(28)3)23(14-36)39(22)24(26(19)29(41)33(16)46-6)15-37-35(43)18-10-8-9-11-25(18)40/h8-11,21-24,28,40-42H,12-13,15H2,1-7H3,(H,37,43)/t21-,22-,23-,24-,28-/m0/s1. The van der Waals surface area contributed by atoms with Crippen molar-refractivity contribution in [3.63, 3.8) is 0 Å². The van der Waals surface area contributed by atoms with Crippen LogP contribution in [-0.2, 0) is 12.8 Å². The summed E-state index contributed by atoms with van der Waals surface area (Å²) in [5, 5.41) is 47.7. The van der Waals surface area contributed by atoms with Gasteiger partial charge in [0.2, 0.25) is 0 Å². The van der Waals surface area contributed by atoms with Crippen LogP contribution in [0, 0.1) is 25.2 Å². The number of aromatic hydroxyl groups is 3. The third-order valence-corrected chi connectivity index (χ3v) is 10.3. The summed E-state index contributed by atoms with van der Waals surface area (Å²) < 4.78 is 23.2. The largest absolute Gasteiger partial charge is 0.507 e. The summed E-state index contributed by atoms with van der Waals surface area (Å²) in [4.78, 5) is 17.6. The Bertz CT molecular complexity index is 1800. The molecule has 0 saturated carbocycles. The van der Waals surface area contributed by atoms with Crippen molar-refractivity contribution in [1.29, 1.82) is 5.26 Å². The summed E-state index contributed by atoms with van der Waals surface area (Å²) >= 11 is 0. The molecule has 1 amide bonds. The quantitative estimate of drug-likeness (QED) is 0.298. The number of piperazine rings is 1. The predicted octanol–water partition coefficient (Wildman–Crippen LogP) is 3.66. The lowest BCUT2D eigenvalue weighted by Gasteiger charge is -2.60. The molecule has 0 unspecified atom stereocenters. The normalized spacial score (nSPS) is 23.1. The van der Waals surface area contributed by atoms with Crippen molar-refractivity contribution < 1.29 is 39.1 Å². The average molecular weight is 645 g/mol. The Kier molecular flexibility index (Phi) is 8.23. The molecule has 6 rings (SSSR count). The molecular formula is C35H40N4O8. The maximum absolute atomic E-state index is 13.4. The fourth-order valence-corrected chi connectivity index (χ4v) is 8.36. The molecule has 4 N–H and O–H groups in total. The zero-order chi connectivity index (χ0) is 33.9. The van der Waals surface area contributed by atoms with Crippen LogP contribution >= 0.6 is 0 Å². The summed E-state index contributed by atoms with van der Waals surface area (Å²) in [6.07, 6.45) is 0.750. The molecular weight excluding hydrogens is 604 g/mol. The molecule has 248 valence electrons. The summed E-state index contributed by atoms with van der Waals surface area (Å²) in [5.74, 6) is 0.958. The van der Waals surface area contributed by atoms with E-state index in [0.29, 0.717) is 57.9 Å². The fourth-order valence-electron chi connectivity index (χ4n) is 8.36. The highest BCUT2D eigenvalue weighted by molar-refractivity contribution is 5.96. The molecule has 0 radical (unpaired) electrons. The number of fused-ring (bicyclic) bond motifs is 7. The number of likely N-dealkylation sites (N-methyl/N-ethyl adjacent to an activating group) is 1. The first-order valence-electron chi connectivity index (χ1n) is 15.4. The SMILES string of the molecule is COc1c(C)c(OC)c2c(c1O)[C@@H]1[C@@H]3Cc4c(OC)c(C)c(OC)c(O)c4[C@H](CNC(=O)c4ccccc4O)N3[C@@H](C#N)[C@H](C2)N1C. The highest BCUT2D eigenvalue weighted by atomic mass is 16.5. The van der Waals surface area contributed by atoms with Crippen molar-refractivity contribution in [3.8, 4) is 46.3 Å². The van der Waals surface area contributed by atoms with Crippen LogP contribution in [0.5, 0.6) is 40.2 Å². The maximum Gasteiger partial charge on any atom is 0.255 e.